The Kier molecular flexibility index (Phi) is 3.81. The van der Waals surface area contributed by atoms with Crippen molar-refractivity contribution in [1.29, 1.82) is 0 Å². The lowest BCUT2D eigenvalue weighted by Gasteiger charge is -2.27. The van der Waals surface area contributed by atoms with Gasteiger partial charge < -0.3 is 4.90 Å². The summed E-state index contributed by atoms with van der Waals surface area (Å²) in [4.78, 5) is 18.7. The molecular formula is C15H14Cl2N2O. The van der Waals surface area contributed by atoms with E-state index in [9.17, 15) is 4.79 Å². The number of pyridine rings is 1. The highest BCUT2D eigenvalue weighted by molar-refractivity contribution is 6.39. The highest BCUT2D eigenvalue weighted by atomic mass is 35.5. The van der Waals surface area contributed by atoms with Gasteiger partial charge in [0.15, 0.2) is 0 Å². The standard InChI is InChI=1S/C15H14Cl2N2O/c16-10-4-5-13-11(8-10)14(17)12(9-18-13)15(20)19-6-2-1-3-7-19/h4-5,8-9H,1-3,6-7H2. The number of aromatic nitrogens is 1. The van der Waals surface area contributed by atoms with Crippen molar-refractivity contribution in [2.24, 2.45) is 0 Å². The Morgan fingerprint density at radius 1 is 1.15 bits per heavy atom. The second kappa shape index (κ2) is 5.58. The molecule has 0 N–H and O–H groups in total. The second-order valence-electron chi connectivity index (χ2n) is 5.00. The lowest BCUT2D eigenvalue weighted by Crippen LogP contribution is -2.35. The molecule has 0 atom stereocenters. The van der Waals surface area contributed by atoms with E-state index in [0.29, 0.717) is 15.6 Å². The highest BCUT2D eigenvalue weighted by Gasteiger charge is 2.21. The van der Waals surface area contributed by atoms with Crippen molar-refractivity contribution in [2.75, 3.05) is 13.1 Å². The molecule has 0 saturated carbocycles. The monoisotopic (exact) mass is 308 g/mol. The van der Waals surface area contributed by atoms with Gasteiger partial charge in [-0.2, -0.15) is 0 Å². The van der Waals surface area contributed by atoms with E-state index in [-0.39, 0.29) is 5.91 Å². The molecule has 1 aromatic heterocycles. The van der Waals surface area contributed by atoms with E-state index in [0.717, 1.165) is 36.8 Å². The summed E-state index contributed by atoms with van der Waals surface area (Å²) in [5.74, 6) is -0.0379. The first-order valence-electron chi connectivity index (χ1n) is 6.70. The van der Waals surface area contributed by atoms with Crippen molar-refractivity contribution in [3.8, 4) is 0 Å². The van der Waals surface area contributed by atoms with Crippen molar-refractivity contribution >= 4 is 40.0 Å². The zero-order chi connectivity index (χ0) is 14.1. The zero-order valence-electron chi connectivity index (χ0n) is 10.9. The van der Waals surface area contributed by atoms with E-state index < -0.39 is 0 Å². The Labute approximate surface area is 127 Å². The van der Waals surface area contributed by atoms with Gasteiger partial charge in [-0.1, -0.05) is 23.2 Å². The molecule has 5 heteroatoms. The molecular weight excluding hydrogens is 295 g/mol. The number of rotatable bonds is 1. The van der Waals surface area contributed by atoms with Crippen LogP contribution >= 0.6 is 23.2 Å². The Morgan fingerprint density at radius 3 is 2.65 bits per heavy atom. The average molecular weight is 309 g/mol. The normalized spacial score (nSPS) is 15.6. The van der Waals surface area contributed by atoms with Gasteiger partial charge in [-0.25, -0.2) is 0 Å². The van der Waals surface area contributed by atoms with Gasteiger partial charge >= 0.3 is 0 Å². The smallest absolute Gasteiger partial charge is 0.256 e. The molecule has 1 fully saturated rings. The maximum atomic E-state index is 12.5. The first kappa shape index (κ1) is 13.7. The summed E-state index contributed by atoms with van der Waals surface area (Å²) in [6.07, 6.45) is 4.85. The summed E-state index contributed by atoms with van der Waals surface area (Å²) in [7, 11) is 0. The fourth-order valence-electron chi connectivity index (χ4n) is 2.55. The van der Waals surface area contributed by atoms with Crippen molar-refractivity contribution in [2.45, 2.75) is 19.3 Å². The fourth-order valence-corrected chi connectivity index (χ4v) is 3.00. The van der Waals surface area contributed by atoms with E-state index in [2.05, 4.69) is 4.98 Å². The number of benzene rings is 1. The van der Waals surface area contributed by atoms with Crippen LogP contribution in [0.3, 0.4) is 0 Å². The quantitative estimate of drug-likeness (QED) is 0.792. The summed E-state index contributed by atoms with van der Waals surface area (Å²) in [6, 6.07) is 5.32. The molecule has 20 heavy (non-hydrogen) atoms. The molecule has 2 aromatic rings. The summed E-state index contributed by atoms with van der Waals surface area (Å²) < 4.78 is 0. The van der Waals surface area contributed by atoms with Crippen LogP contribution in [0.1, 0.15) is 29.6 Å². The maximum absolute atomic E-state index is 12.5. The highest BCUT2D eigenvalue weighted by Crippen LogP contribution is 2.29. The minimum Gasteiger partial charge on any atom is -0.339 e. The van der Waals surface area contributed by atoms with Gasteiger partial charge in [-0.3, -0.25) is 9.78 Å². The Balaban J connectivity index is 2.02. The summed E-state index contributed by atoms with van der Waals surface area (Å²) in [6.45, 7) is 1.59. The van der Waals surface area contributed by atoms with E-state index in [4.69, 9.17) is 23.2 Å². The fraction of sp³-hybridized carbons (Fsp3) is 0.333. The minimum absolute atomic E-state index is 0.0379. The van der Waals surface area contributed by atoms with Crippen molar-refractivity contribution in [3.05, 3.63) is 40.0 Å². The number of likely N-dealkylation sites (tertiary alicyclic amines) is 1. The molecule has 0 aliphatic carbocycles. The van der Waals surface area contributed by atoms with Gasteiger partial charge in [0.05, 0.1) is 16.1 Å². The van der Waals surface area contributed by atoms with Gasteiger partial charge in [0.1, 0.15) is 0 Å². The molecule has 0 bridgehead atoms. The van der Waals surface area contributed by atoms with Crippen LogP contribution < -0.4 is 0 Å². The molecule has 3 nitrogen and oxygen atoms in total. The minimum atomic E-state index is -0.0379. The number of fused-ring (bicyclic) bond motifs is 1. The SMILES string of the molecule is O=C(c1cnc2ccc(Cl)cc2c1Cl)N1CCCCC1. The molecule has 104 valence electrons. The van der Waals surface area contributed by atoms with Crippen LogP contribution in [0.15, 0.2) is 24.4 Å². The van der Waals surface area contributed by atoms with Crippen molar-refractivity contribution in [1.82, 2.24) is 9.88 Å². The van der Waals surface area contributed by atoms with Gasteiger partial charge in [0.25, 0.3) is 5.91 Å². The maximum Gasteiger partial charge on any atom is 0.256 e. The number of carbonyl (C=O) groups is 1. The van der Waals surface area contributed by atoms with E-state index in [1.807, 2.05) is 4.90 Å². The Hall–Kier alpha value is -1.32. The first-order chi connectivity index (χ1) is 9.66. The number of carbonyl (C=O) groups excluding carboxylic acids is 1. The van der Waals surface area contributed by atoms with E-state index in [1.165, 1.54) is 6.42 Å². The third-order valence-corrected chi connectivity index (χ3v) is 4.28. The molecule has 1 amide bonds. The molecule has 3 rings (SSSR count). The number of piperidine rings is 1. The van der Waals surface area contributed by atoms with Crippen molar-refractivity contribution < 1.29 is 4.79 Å². The Bertz CT molecular complexity index is 666. The molecule has 0 unspecified atom stereocenters. The predicted molar refractivity (Wildman–Crippen MR) is 81.5 cm³/mol. The second-order valence-corrected chi connectivity index (χ2v) is 5.81. The van der Waals surface area contributed by atoms with Crippen molar-refractivity contribution in [3.63, 3.8) is 0 Å². The number of amides is 1. The topological polar surface area (TPSA) is 33.2 Å². The van der Waals surface area contributed by atoms with Crippen LogP contribution in [-0.2, 0) is 0 Å². The number of halogens is 2. The summed E-state index contributed by atoms with van der Waals surface area (Å²) in [5, 5.41) is 1.75. The number of nitrogens with zero attached hydrogens (tertiary/aromatic N) is 2. The Morgan fingerprint density at radius 2 is 1.90 bits per heavy atom. The van der Waals surface area contributed by atoms with Crippen LogP contribution in [0.4, 0.5) is 0 Å². The van der Waals surface area contributed by atoms with Gasteiger partial charge in [0.2, 0.25) is 0 Å². The van der Waals surface area contributed by atoms with Gasteiger partial charge in [-0.15, -0.1) is 0 Å². The molecule has 1 aliphatic rings. The van der Waals surface area contributed by atoms with E-state index >= 15 is 0 Å². The molecule has 1 aromatic carbocycles. The lowest BCUT2D eigenvalue weighted by atomic mass is 10.1. The molecule has 1 aliphatic heterocycles. The van der Waals surface area contributed by atoms with Crippen LogP contribution in [0.2, 0.25) is 10.0 Å². The van der Waals surface area contributed by atoms with Crippen LogP contribution in [0, 0.1) is 0 Å². The van der Waals surface area contributed by atoms with E-state index in [1.54, 1.807) is 24.4 Å². The summed E-state index contributed by atoms with van der Waals surface area (Å²) >= 11 is 12.4. The molecule has 1 saturated heterocycles. The lowest BCUT2D eigenvalue weighted by molar-refractivity contribution is 0.0724. The molecule has 0 radical (unpaired) electrons. The summed E-state index contributed by atoms with van der Waals surface area (Å²) in [5.41, 5.74) is 1.21. The molecule has 0 spiro atoms. The largest absolute Gasteiger partial charge is 0.339 e. The third kappa shape index (κ3) is 2.48. The van der Waals surface area contributed by atoms with Crippen LogP contribution in [0.5, 0.6) is 0 Å². The molecule has 2 heterocycles. The average Bonchev–Trinajstić information content (AvgIpc) is 2.48. The predicted octanol–water partition coefficient (Wildman–Crippen LogP) is 4.17. The van der Waals surface area contributed by atoms with Gasteiger partial charge in [-0.05, 0) is 37.5 Å². The number of hydrogen-bond donors (Lipinski definition) is 0. The first-order valence-corrected chi connectivity index (χ1v) is 7.45. The van der Waals surface area contributed by atoms with Crippen LogP contribution in [-0.4, -0.2) is 28.9 Å². The number of hydrogen-bond acceptors (Lipinski definition) is 2. The third-order valence-electron chi connectivity index (χ3n) is 3.64. The van der Waals surface area contributed by atoms with Gasteiger partial charge in [0, 0.05) is 29.7 Å². The zero-order valence-corrected chi connectivity index (χ0v) is 12.4. The van der Waals surface area contributed by atoms with Crippen LogP contribution in [0.25, 0.3) is 10.9 Å².